The molecule has 1 aromatic carbocycles. The second kappa shape index (κ2) is 3.14. The average Bonchev–Trinajstić information content (AvgIpc) is 2.05. The van der Waals surface area contributed by atoms with E-state index in [0.717, 1.165) is 0 Å². The normalized spacial score (nSPS) is 9.08. The highest BCUT2D eigenvalue weighted by Crippen LogP contribution is 2.12. The fraction of sp³-hybridized carbons (Fsp3) is 0.111. The molecule has 0 aliphatic rings. The third-order valence-electron chi connectivity index (χ3n) is 1.59. The zero-order valence-electron chi connectivity index (χ0n) is 6.47. The standard InChI is InChI=1S/C9H6FNO/c1-6-2-9(10)8(5-12)3-7(6)4-11/h2-3,5H,1H3. The first-order chi connectivity index (χ1) is 5.69. The van der Waals surface area contributed by atoms with Crippen molar-refractivity contribution in [3.05, 3.63) is 34.6 Å². The van der Waals surface area contributed by atoms with Crippen LogP contribution >= 0.6 is 0 Å². The van der Waals surface area contributed by atoms with Crippen molar-refractivity contribution < 1.29 is 9.18 Å². The first-order valence-electron chi connectivity index (χ1n) is 3.34. The van der Waals surface area contributed by atoms with Crippen LogP contribution < -0.4 is 0 Å². The van der Waals surface area contributed by atoms with Gasteiger partial charge in [0, 0.05) is 0 Å². The highest BCUT2D eigenvalue weighted by atomic mass is 19.1. The molecule has 0 spiro atoms. The van der Waals surface area contributed by atoms with Crippen molar-refractivity contribution in [2.45, 2.75) is 6.92 Å². The van der Waals surface area contributed by atoms with E-state index in [1.807, 2.05) is 6.07 Å². The van der Waals surface area contributed by atoms with Gasteiger partial charge in [0.25, 0.3) is 0 Å². The molecule has 3 heteroatoms. The number of carbonyl (C=O) groups excluding carboxylic acids is 1. The molecule has 12 heavy (non-hydrogen) atoms. The first kappa shape index (κ1) is 8.41. The molecular formula is C9H6FNO. The molecule has 0 fully saturated rings. The van der Waals surface area contributed by atoms with E-state index in [9.17, 15) is 9.18 Å². The van der Waals surface area contributed by atoms with E-state index in [1.54, 1.807) is 6.92 Å². The summed E-state index contributed by atoms with van der Waals surface area (Å²) in [4.78, 5) is 10.3. The molecule has 2 nitrogen and oxygen atoms in total. The molecule has 1 aromatic rings. The van der Waals surface area contributed by atoms with Crippen LogP contribution in [0.4, 0.5) is 4.39 Å². The molecule has 0 amide bonds. The Balaban J connectivity index is 3.39. The maximum atomic E-state index is 12.8. The molecule has 0 saturated heterocycles. The van der Waals surface area contributed by atoms with Crippen molar-refractivity contribution in [2.24, 2.45) is 0 Å². The van der Waals surface area contributed by atoms with E-state index in [0.29, 0.717) is 17.4 Å². The lowest BCUT2D eigenvalue weighted by Crippen LogP contribution is -1.92. The Morgan fingerprint density at radius 2 is 2.25 bits per heavy atom. The largest absolute Gasteiger partial charge is 0.298 e. The lowest BCUT2D eigenvalue weighted by Gasteiger charge is -1.98. The quantitative estimate of drug-likeness (QED) is 0.592. The van der Waals surface area contributed by atoms with Crippen LogP contribution in [0.15, 0.2) is 12.1 Å². The van der Waals surface area contributed by atoms with Gasteiger partial charge in [-0.15, -0.1) is 0 Å². The monoisotopic (exact) mass is 163 g/mol. The predicted molar refractivity (Wildman–Crippen MR) is 41.2 cm³/mol. The third-order valence-corrected chi connectivity index (χ3v) is 1.59. The Kier molecular flexibility index (Phi) is 2.20. The van der Waals surface area contributed by atoms with E-state index in [4.69, 9.17) is 5.26 Å². The Labute approximate surface area is 69.2 Å². The van der Waals surface area contributed by atoms with Gasteiger partial charge in [0.1, 0.15) is 5.82 Å². The van der Waals surface area contributed by atoms with Crippen LogP contribution in [0.25, 0.3) is 0 Å². The number of halogens is 1. The number of hydrogen-bond acceptors (Lipinski definition) is 2. The first-order valence-corrected chi connectivity index (χ1v) is 3.34. The molecule has 0 saturated carbocycles. The Hall–Kier alpha value is -1.69. The van der Waals surface area contributed by atoms with Crippen LogP contribution in [0.3, 0.4) is 0 Å². The smallest absolute Gasteiger partial charge is 0.153 e. The van der Waals surface area contributed by atoms with Gasteiger partial charge in [-0.1, -0.05) is 0 Å². The van der Waals surface area contributed by atoms with Gasteiger partial charge in [0.2, 0.25) is 0 Å². The Morgan fingerprint density at radius 1 is 1.58 bits per heavy atom. The lowest BCUT2D eigenvalue weighted by atomic mass is 10.1. The SMILES string of the molecule is Cc1cc(F)c(C=O)cc1C#N. The number of benzene rings is 1. The lowest BCUT2D eigenvalue weighted by molar-refractivity contribution is 0.112. The second-order valence-electron chi connectivity index (χ2n) is 2.42. The maximum Gasteiger partial charge on any atom is 0.153 e. The van der Waals surface area contributed by atoms with Crippen LogP contribution in [-0.4, -0.2) is 6.29 Å². The molecular weight excluding hydrogens is 157 g/mol. The van der Waals surface area contributed by atoms with Gasteiger partial charge in [-0.3, -0.25) is 4.79 Å². The maximum absolute atomic E-state index is 12.8. The number of carbonyl (C=O) groups is 1. The van der Waals surface area contributed by atoms with E-state index < -0.39 is 5.82 Å². The van der Waals surface area contributed by atoms with Crippen molar-refractivity contribution in [3.8, 4) is 6.07 Å². The number of rotatable bonds is 1. The molecule has 0 atom stereocenters. The molecule has 0 N–H and O–H groups in total. The van der Waals surface area contributed by atoms with Crippen LogP contribution in [0.1, 0.15) is 21.5 Å². The fourth-order valence-electron chi connectivity index (χ4n) is 0.900. The summed E-state index contributed by atoms with van der Waals surface area (Å²) in [5.74, 6) is -0.582. The van der Waals surface area contributed by atoms with Gasteiger partial charge in [-0.05, 0) is 24.6 Å². The van der Waals surface area contributed by atoms with Gasteiger partial charge < -0.3 is 0 Å². The number of hydrogen-bond donors (Lipinski definition) is 0. The summed E-state index contributed by atoms with van der Waals surface area (Å²) in [6.07, 6.45) is 0.398. The van der Waals surface area contributed by atoms with Crippen molar-refractivity contribution >= 4 is 6.29 Å². The van der Waals surface area contributed by atoms with Gasteiger partial charge in [-0.2, -0.15) is 5.26 Å². The van der Waals surface area contributed by atoms with Crippen molar-refractivity contribution in [3.63, 3.8) is 0 Å². The number of nitriles is 1. The second-order valence-corrected chi connectivity index (χ2v) is 2.42. The summed E-state index contributed by atoms with van der Waals surface area (Å²) in [6, 6.07) is 4.30. The van der Waals surface area contributed by atoms with Gasteiger partial charge in [0.05, 0.1) is 17.2 Å². The Morgan fingerprint density at radius 3 is 2.75 bits per heavy atom. The predicted octanol–water partition coefficient (Wildman–Crippen LogP) is 1.82. The summed E-state index contributed by atoms with van der Waals surface area (Å²) in [5, 5.41) is 8.54. The highest BCUT2D eigenvalue weighted by Gasteiger charge is 2.05. The zero-order valence-corrected chi connectivity index (χ0v) is 6.47. The molecule has 60 valence electrons. The molecule has 0 aliphatic carbocycles. The van der Waals surface area contributed by atoms with Gasteiger partial charge in [-0.25, -0.2) is 4.39 Å². The van der Waals surface area contributed by atoms with E-state index in [-0.39, 0.29) is 5.56 Å². The van der Waals surface area contributed by atoms with Crippen LogP contribution in [-0.2, 0) is 0 Å². The molecule has 0 radical (unpaired) electrons. The summed E-state index contributed by atoms with van der Waals surface area (Å²) >= 11 is 0. The van der Waals surface area contributed by atoms with Crippen LogP contribution in [0.2, 0.25) is 0 Å². The zero-order chi connectivity index (χ0) is 9.14. The minimum atomic E-state index is -0.582. The van der Waals surface area contributed by atoms with E-state index in [1.165, 1.54) is 12.1 Å². The van der Waals surface area contributed by atoms with Gasteiger partial charge in [0.15, 0.2) is 6.29 Å². The average molecular weight is 163 g/mol. The van der Waals surface area contributed by atoms with Crippen molar-refractivity contribution in [1.82, 2.24) is 0 Å². The number of aryl methyl sites for hydroxylation is 1. The fourth-order valence-corrected chi connectivity index (χ4v) is 0.900. The van der Waals surface area contributed by atoms with Crippen molar-refractivity contribution in [2.75, 3.05) is 0 Å². The summed E-state index contributed by atoms with van der Waals surface area (Å²) < 4.78 is 12.8. The molecule has 1 rings (SSSR count). The molecule has 0 bridgehead atoms. The minimum Gasteiger partial charge on any atom is -0.298 e. The minimum absolute atomic E-state index is 0.0721. The van der Waals surface area contributed by atoms with Crippen LogP contribution in [0, 0.1) is 24.1 Å². The molecule has 0 heterocycles. The van der Waals surface area contributed by atoms with E-state index >= 15 is 0 Å². The number of nitrogens with zero attached hydrogens (tertiary/aromatic N) is 1. The van der Waals surface area contributed by atoms with Crippen LogP contribution in [0.5, 0.6) is 0 Å². The number of aldehydes is 1. The molecule has 0 unspecified atom stereocenters. The molecule has 0 aliphatic heterocycles. The summed E-state index contributed by atoms with van der Waals surface area (Å²) in [6.45, 7) is 1.62. The summed E-state index contributed by atoms with van der Waals surface area (Å²) in [7, 11) is 0. The summed E-state index contributed by atoms with van der Waals surface area (Å²) in [5.41, 5.74) is 0.802. The third kappa shape index (κ3) is 1.32. The Bertz CT molecular complexity index is 366. The highest BCUT2D eigenvalue weighted by molar-refractivity contribution is 5.76. The van der Waals surface area contributed by atoms with E-state index in [2.05, 4.69) is 0 Å². The topological polar surface area (TPSA) is 40.9 Å². The molecule has 0 aromatic heterocycles. The van der Waals surface area contributed by atoms with Crippen molar-refractivity contribution in [1.29, 1.82) is 5.26 Å². The van der Waals surface area contributed by atoms with Gasteiger partial charge >= 0.3 is 0 Å².